The number of benzene rings is 1. The van der Waals surface area contributed by atoms with Gasteiger partial charge in [-0.25, -0.2) is 4.39 Å². The van der Waals surface area contributed by atoms with E-state index in [9.17, 15) is 8.78 Å². The third kappa shape index (κ3) is 5.56. The van der Waals surface area contributed by atoms with Gasteiger partial charge in [-0.3, -0.25) is 0 Å². The molecule has 3 heteroatoms. The second-order valence-electron chi connectivity index (χ2n) is 8.30. The zero-order valence-corrected chi connectivity index (χ0v) is 16.1. The Bertz CT molecular complexity index is 620. The maximum atomic E-state index is 13.9. The first-order valence-corrected chi connectivity index (χ1v) is 10.3. The van der Waals surface area contributed by atoms with Crippen LogP contribution >= 0.6 is 0 Å². The number of allylic oxidation sites excluding steroid dienone is 2. The number of hydrogen-bond acceptors (Lipinski definition) is 1. The summed E-state index contributed by atoms with van der Waals surface area (Å²) in [6.45, 7) is 4.18. The summed E-state index contributed by atoms with van der Waals surface area (Å²) < 4.78 is 33.1. The fourth-order valence-corrected chi connectivity index (χ4v) is 4.85. The van der Waals surface area contributed by atoms with Crippen LogP contribution < -0.4 is 4.74 Å². The van der Waals surface area contributed by atoms with Crippen molar-refractivity contribution < 1.29 is 16.4 Å². The highest BCUT2D eigenvalue weighted by atomic mass is 19.2. The summed E-state index contributed by atoms with van der Waals surface area (Å²) in [5.74, 6) is 1.42. The van der Waals surface area contributed by atoms with Crippen LogP contribution in [-0.2, 0) is 0 Å². The fraction of sp³-hybridized carbons (Fsp3) is 0.667. The van der Waals surface area contributed by atoms with E-state index in [-0.39, 0.29) is 16.0 Å². The van der Waals surface area contributed by atoms with Crippen LogP contribution in [0.25, 0.3) is 0 Å². The molecule has 1 aromatic carbocycles. The van der Waals surface area contributed by atoms with Crippen molar-refractivity contribution in [2.45, 2.75) is 72.6 Å². The smallest absolute Gasteiger partial charge is 0.200 e. The van der Waals surface area contributed by atoms with Crippen LogP contribution in [0.1, 0.15) is 74.1 Å². The van der Waals surface area contributed by atoms with E-state index < -0.39 is 11.6 Å². The maximum absolute atomic E-state index is 13.9. The van der Waals surface area contributed by atoms with Crippen molar-refractivity contribution in [3.05, 3.63) is 41.5 Å². The van der Waals surface area contributed by atoms with Gasteiger partial charge in [0.1, 0.15) is 0 Å². The van der Waals surface area contributed by atoms with Gasteiger partial charge in [-0.1, -0.05) is 25.6 Å². The molecule has 3 rings (SSSR count). The lowest BCUT2D eigenvalue weighted by Gasteiger charge is -2.37. The maximum Gasteiger partial charge on any atom is 0.200 e. The number of rotatable bonds is 5. The number of aryl methyl sites for hydroxylation is 1. The van der Waals surface area contributed by atoms with E-state index in [4.69, 9.17) is 4.74 Å². The largest absolute Gasteiger partial charge is 0.490 e. The Kier molecular flexibility index (Phi) is 8.31. The third-order valence-corrected chi connectivity index (χ3v) is 6.55. The van der Waals surface area contributed by atoms with Crippen LogP contribution in [0.15, 0.2) is 24.3 Å². The molecule has 0 saturated heterocycles. The fourth-order valence-electron chi connectivity index (χ4n) is 4.85. The van der Waals surface area contributed by atoms with Gasteiger partial charge in [0, 0.05) is 2.85 Å². The highest BCUT2D eigenvalue weighted by Gasteiger charge is 2.30. The SMILES string of the molecule is C.C/C=C/C1CCC(C2CCC(COc3ccc(C)c(F)c3F)CC2)CC1.[HH].[HH]. The molecule has 0 heterocycles. The van der Waals surface area contributed by atoms with E-state index >= 15 is 0 Å². The van der Waals surface area contributed by atoms with Gasteiger partial charge in [0.15, 0.2) is 11.6 Å². The molecule has 0 spiro atoms. The lowest BCUT2D eigenvalue weighted by atomic mass is 9.69. The number of hydrogen-bond donors (Lipinski definition) is 0. The van der Waals surface area contributed by atoms with Gasteiger partial charge in [0.2, 0.25) is 5.82 Å². The monoisotopic (exact) mass is 382 g/mol. The Morgan fingerprint density at radius 1 is 0.963 bits per heavy atom. The van der Waals surface area contributed by atoms with Crippen LogP contribution in [0.5, 0.6) is 5.75 Å². The van der Waals surface area contributed by atoms with Crippen LogP contribution in [0.4, 0.5) is 8.78 Å². The quantitative estimate of drug-likeness (QED) is 0.469. The average molecular weight is 383 g/mol. The van der Waals surface area contributed by atoms with E-state index in [0.29, 0.717) is 18.1 Å². The summed E-state index contributed by atoms with van der Waals surface area (Å²) in [6.07, 6.45) is 14.8. The molecule has 2 saturated carbocycles. The van der Waals surface area contributed by atoms with Gasteiger partial charge in [-0.15, -0.1) is 0 Å². The molecule has 0 atom stereocenters. The van der Waals surface area contributed by atoms with Crippen molar-refractivity contribution in [1.29, 1.82) is 0 Å². The normalized spacial score (nSPS) is 28.7. The summed E-state index contributed by atoms with van der Waals surface area (Å²) in [6, 6.07) is 3.12. The molecule has 0 unspecified atom stereocenters. The molecular weight excluding hydrogens is 342 g/mol. The second kappa shape index (κ2) is 10.2. The van der Waals surface area contributed by atoms with E-state index in [1.54, 1.807) is 19.1 Å². The zero-order valence-electron chi connectivity index (χ0n) is 16.1. The average Bonchev–Trinajstić information content (AvgIpc) is 2.67. The predicted molar refractivity (Wildman–Crippen MR) is 113 cm³/mol. The van der Waals surface area contributed by atoms with Gasteiger partial charge < -0.3 is 4.74 Å². The predicted octanol–water partition coefficient (Wildman–Crippen LogP) is 7.97. The Morgan fingerprint density at radius 3 is 2.15 bits per heavy atom. The molecule has 0 N–H and O–H groups in total. The minimum atomic E-state index is -0.850. The van der Waals surface area contributed by atoms with Crippen molar-refractivity contribution in [3.63, 3.8) is 0 Å². The molecule has 1 aromatic rings. The minimum Gasteiger partial charge on any atom is -0.490 e. The highest BCUT2D eigenvalue weighted by Crippen LogP contribution is 2.41. The van der Waals surface area contributed by atoms with Crippen molar-refractivity contribution in [2.24, 2.45) is 23.7 Å². The van der Waals surface area contributed by atoms with Crippen LogP contribution in [0.3, 0.4) is 0 Å². The Hall–Kier alpha value is -1.38. The van der Waals surface area contributed by atoms with Crippen LogP contribution in [-0.4, -0.2) is 6.61 Å². The molecule has 2 aliphatic rings. The van der Waals surface area contributed by atoms with E-state index in [0.717, 1.165) is 30.6 Å². The summed E-state index contributed by atoms with van der Waals surface area (Å²) in [7, 11) is 0. The van der Waals surface area contributed by atoms with Crippen molar-refractivity contribution in [1.82, 2.24) is 0 Å². The van der Waals surface area contributed by atoms with Crippen molar-refractivity contribution >= 4 is 0 Å². The Balaban J connectivity index is 0.00000261. The van der Waals surface area contributed by atoms with Crippen LogP contribution in [0, 0.1) is 42.2 Å². The molecule has 27 heavy (non-hydrogen) atoms. The lowest BCUT2D eigenvalue weighted by Crippen LogP contribution is -2.27. The van der Waals surface area contributed by atoms with E-state index in [1.807, 2.05) is 0 Å². The number of ether oxygens (including phenoxy) is 1. The molecule has 2 fully saturated rings. The van der Waals surface area contributed by atoms with Gasteiger partial charge in [0.05, 0.1) is 6.61 Å². The molecule has 1 nitrogen and oxygen atoms in total. The summed E-state index contributed by atoms with van der Waals surface area (Å²) >= 11 is 0. The lowest BCUT2D eigenvalue weighted by molar-refractivity contribution is 0.127. The molecule has 0 aromatic heterocycles. The Labute approximate surface area is 167 Å². The third-order valence-electron chi connectivity index (χ3n) is 6.55. The highest BCUT2D eigenvalue weighted by molar-refractivity contribution is 5.30. The van der Waals surface area contributed by atoms with Crippen molar-refractivity contribution in [3.8, 4) is 5.75 Å². The van der Waals surface area contributed by atoms with Crippen LogP contribution in [0.2, 0.25) is 0 Å². The first-order chi connectivity index (χ1) is 12.6. The summed E-state index contributed by atoms with van der Waals surface area (Å²) in [5, 5.41) is 0. The first kappa shape index (κ1) is 21.9. The molecule has 0 radical (unpaired) electrons. The summed E-state index contributed by atoms with van der Waals surface area (Å²) in [5.41, 5.74) is 0.319. The molecular formula is C24H40F2O. The van der Waals surface area contributed by atoms with Gasteiger partial charge in [0.25, 0.3) is 0 Å². The molecule has 156 valence electrons. The molecule has 0 aliphatic heterocycles. The number of halogens is 2. The minimum absolute atomic E-state index is 0. The zero-order chi connectivity index (χ0) is 18.5. The van der Waals surface area contributed by atoms with E-state index in [2.05, 4.69) is 19.1 Å². The van der Waals surface area contributed by atoms with E-state index in [1.165, 1.54) is 38.5 Å². The van der Waals surface area contributed by atoms with Gasteiger partial charge in [-0.2, -0.15) is 4.39 Å². The van der Waals surface area contributed by atoms with Gasteiger partial charge in [-0.05, 0) is 101 Å². The second-order valence-corrected chi connectivity index (χ2v) is 8.30. The summed E-state index contributed by atoms with van der Waals surface area (Å²) in [4.78, 5) is 0. The van der Waals surface area contributed by atoms with Gasteiger partial charge >= 0.3 is 0 Å². The molecule has 2 aliphatic carbocycles. The Morgan fingerprint density at radius 2 is 1.56 bits per heavy atom. The van der Waals surface area contributed by atoms with Crippen molar-refractivity contribution in [2.75, 3.05) is 6.61 Å². The topological polar surface area (TPSA) is 9.23 Å². The molecule has 0 bridgehead atoms. The first-order valence-electron chi connectivity index (χ1n) is 10.3. The standard InChI is InChI=1S/C23H32F2O.CH4.2H2/c1-3-4-17-6-10-19(11-7-17)20-12-8-18(9-13-20)15-26-21-14-5-16(2)22(24)23(21)25;;;/h3-5,14,17-20H,6-13,15H2,1-2H3;1H4;2*1H/b4-3+;;;. The molecule has 0 amide bonds.